The maximum atomic E-state index is 12.6. The van der Waals surface area contributed by atoms with Crippen LogP contribution in [0.25, 0.3) is 0 Å². The first-order valence-electron chi connectivity index (χ1n) is 9.12. The number of nitrogens with zero attached hydrogens (tertiary/aromatic N) is 1. The fourth-order valence-corrected chi connectivity index (χ4v) is 2.82. The van der Waals surface area contributed by atoms with Crippen LogP contribution in [0.1, 0.15) is 45.1 Å². The molecule has 0 radical (unpaired) electrons. The van der Waals surface area contributed by atoms with Gasteiger partial charge in [0.15, 0.2) is 0 Å². The van der Waals surface area contributed by atoms with Crippen LogP contribution in [0.15, 0.2) is 30.3 Å². The second kappa shape index (κ2) is 10.0. The zero-order valence-electron chi connectivity index (χ0n) is 15.2. The van der Waals surface area contributed by atoms with E-state index in [1.54, 1.807) is 0 Å². The van der Waals surface area contributed by atoms with E-state index in [0.717, 1.165) is 37.9 Å². The molecule has 1 aliphatic heterocycles. The lowest BCUT2D eigenvalue weighted by Crippen LogP contribution is -2.55. The van der Waals surface area contributed by atoms with E-state index in [4.69, 9.17) is 4.74 Å². The molecule has 25 heavy (non-hydrogen) atoms. The Morgan fingerprint density at radius 3 is 2.48 bits per heavy atom. The Hall–Kier alpha value is -2.08. The molecule has 1 aromatic rings. The van der Waals surface area contributed by atoms with Crippen LogP contribution in [0.3, 0.4) is 0 Å². The summed E-state index contributed by atoms with van der Waals surface area (Å²) in [5.41, 5.74) is 3.85. The SMILES string of the molecule is CC[C@H](C)[C@H](NC(=O)OCc1ccccc1)C(=O)NN1CCCCC1. The van der Waals surface area contributed by atoms with Gasteiger partial charge in [0.05, 0.1) is 0 Å². The Morgan fingerprint density at radius 2 is 1.84 bits per heavy atom. The largest absolute Gasteiger partial charge is 0.445 e. The van der Waals surface area contributed by atoms with Crippen LogP contribution >= 0.6 is 0 Å². The van der Waals surface area contributed by atoms with Crippen molar-refractivity contribution in [3.8, 4) is 0 Å². The molecule has 6 nitrogen and oxygen atoms in total. The zero-order valence-corrected chi connectivity index (χ0v) is 15.2. The average Bonchev–Trinajstić information content (AvgIpc) is 2.65. The first-order valence-corrected chi connectivity index (χ1v) is 9.12. The van der Waals surface area contributed by atoms with E-state index in [-0.39, 0.29) is 18.4 Å². The Balaban J connectivity index is 1.87. The summed E-state index contributed by atoms with van der Waals surface area (Å²) in [6, 6.07) is 8.88. The number of rotatable bonds is 7. The minimum Gasteiger partial charge on any atom is -0.445 e. The van der Waals surface area contributed by atoms with Crippen molar-refractivity contribution >= 4 is 12.0 Å². The molecule has 2 rings (SSSR count). The van der Waals surface area contributed by atoms with E-state index >= 15 is 0 Å². The number of nitrogens with one attached hydrogen (secondary N) is 2. The molecule has 0 aliphatic carbocycles. The highest BCUT2D eigenvalue weighted by Gasteiger charge is 2.28. The Labute approximate surface area is 149 Å². The summed E-state index contributed by atoms with van der Waals surface area (Å²) in [5, 5.41) is 4.67. The molecule has 2 N–H and O–H groups in total. The molecule has 2 amide bonds. The van der Waals surface area contributed by atoms with Gasteiger partial charge in [-0.3, -0.25) is 10.2 Å². The highest BCUT2D eigenvalue weighted by atomic mass is 16.5. The normalized spacial score (nSPS) is 17.4. The predicted octanol–water partition coefficient (Wildman–Crippen LogP) is 2.84. The summed E-state index contributed by atoms with van der Waals surface area (Å²) >= 11 is 0. The molecular formula is C19H29N3O3. The predicted molar refractivity (Wildman–Crippen MR) is 96.6 cm³/mol. The minimum absolute atomic E-state index is 0.0223. The Morgan fingerprint density at radius 1 is 1.16 bits per heavy atom. The number of carbonyl (C=O) groups excluding carboxylic acids is 2. The van der Waals surface area contributed by atoms with Gasteiger partial charge in [-0.05, 0) is 24.3 Å². The molecule has 1 fully saturated rings. The number of benzene rings is 1. The molecule has 6 heteroatoms. The summed E-state index contributed by atoms with van der Waals surface area (Å²) < 4.78 is 5.25. The summed E-state index contributed by atoms with van der Waals surface area (Å²) in [4.78, 5) is 24.7. The van der Waals surface area contributed by atoms with Gasteiger partial charge in [-0.25, -0.2) is 9.80 Å². The van der Waals surface area contributed by atoms with E-state index in [1.807, 2.05) is 49.2 Å². The fourth-order valence-electron chi connectivity index (χ4n) is 2.82. The summed E-state index contributed by atoms with van der Waals surface area (Å²) in [6.45, 7) is 5.86. The maximum Gasteiger partial charge on any atom is 0.408 e. The third kappa shape index (κ3) is 6.38. The highest BCUT2D eigenvalue weighted by Crippen LogP contribution is 2.11. The molecule has 0 saturated carbocycles. The van der Waals surface area contributed by atoms with Crippen molar-refractivity contribution < 1.29 is 14.3 Å². The van der Waals surface area contributed by atoms with Crippen molar-refractivity contribution in [1.82, 2.24) is 15.8 Å². The molecule has 1 heterocycles. The molecule has 0 spiro atoms. The Bertz CT molecular complexity index is 544. The van der Waals surface area contributed by atoms with Crippen LogP contribution in [0.4, 0.5) is 4.79 Å². The molecule has 0 bridgehead atoms. The number of hydrogen-bond donors (Lipinski definition) is 2. The van der Waals surface area contributed by atoms with Gasteiger partial charge in [-0.2, -0.15) is 0 Å². The molecule has 1 saturated heterocycles. The van der Waals surface area contributed by atoms with Gasteiger partial charge in [0.1, 0.15) is 12.6 Å². The van der Waals surface area contributed by atoms with Crippen LogP contribution < -0.4 is 10.7 Å². The molecule has 0 unspecified atom stereocenters. The van der Waals surface area contributed by atoms with E-state index in [9.17, 15) is 9.59 Å². The number of hydrazine groups is 1. The van der Waals surface area contributed by atoms with Crippen molar-refractivity contribution in [1.29, 1.82) is 0 Å². The molecule has 2 atom stereocenters. The number of amides is 2. The lowest BCUT2D eigenvalue weighted by Gasteiger charge is -2.30. The van der Waals surface area contributed by atoms with Crippen molar-refractivity contribution in [2.75, 3.05) is 13.1 Å². The number of alkyl carbamates (subject to hydrolysis) is 1. The van der Waals surface area contributed by atoms with Gasteiger partial charge >= 0.3 is 6.09 Å². The first kappa shape index (κ1) is 19.2. The van der Waals surface area contributed by atoms with Gasteiger partial charge in [0.25, 0.3) is 5.91 Å². The molecule has 1 aliphatic rings. The zero-order chi connectivity index (χ0) is 18.1. The van der Waals surface area contributed by atoms with Crippen LogP contribution in [0.2, 0.25) is 0 Å². The molecular weight excluding hydrogens is 318 g/mol. The standard InChI is InChI=1S/C19H29N3O3/c1-3-15(2)17(18(23)21-22-12-8-5-9-13-22)20-19(24)25-14-16-10-6-4-7-11-16/h4,6-7,10-11,15,17H,3,5,8-9,12-14H2,1-2H3,(H,20,24)(H,21,23)/t15-,17-/m0/s1. The number of piperidine rings is 1. The second-order valence-corrected chi connectivity index (χ2v) is 6.59. The third-order valence-electron chi connectivity index (χ3n) is 4.61. The fraction of sp³-hybridized carbons (Fsp3) is 0.579. The average molecular weight is 347 g/mol. The lowest BCUT2D eigenvalue weighted by atomic mass is 9.99. The maximum absolute atomic E-state index is 12.6. The summed E-state index contributed by atoms with van der Waals surface area (Å²) in [5.74, 6) is -0.151. The third-order valence-corrected chi connectivity index (χ3v) is 4.61. The number of carbonyl (C=O) groups is 2. The van der Waals surface area contributed by atoms with E-state index in [1.165, 1.54) is 6.42 Å². The smallest absolute Gasteiger partial charge is 0.408 e. The van der Waals surface area contributed by atoms with Gasteiger partial charge in [0, 0.05) is 13.1 Å². The van der Waals surface area contributed by atoms with Crippen molar-refractivity contribution in [3.63, 3.8) is 0 Å². The summed E-state index contributed by atoms with van der Waals surface area (Å²) in [6.07, 6.45) is 3.59. The Kier molecular flexibility index (Phi) is 7.73. The van der Waals surface area contributed by atoms with Crippen LogP contribution in [-0.2, 0) is 16.1 Å². The molecule has 1 aromatic carbocycles. The van der Waals surface area contributed by atoms with Crippen molar-refractivity contribution in [2.45, 2.75) is 52.2 Å². The van der Waals surface area contributed by atoms with Gasteiger partial charge in [-0.15, -0.1) is 0 Å². The van der Waals surface area contributed by atoms with Crippen LogP contribution in [0.5, 0.6) is 0 Å². The quantitative estimate of drug-likeness (QED) is 0.796. The summed E-state index contributed by atoms with van der Waals surface area (Å²) in [7, 11) is 0. The van der Waals surface area contributed by atoms with Crippen LogP contribution in [0, 0.1) is 5.92 Å². The second-order valence-electron chi connectivity index (χ2n) is 6.59. The van der Waals surface area contributed by atoms with E-state index < -0.39 is 12.1 Å². The molecule has 0 aromatic heterocycles. The molecule has 138 valence electrons. The monoisotopic (exact) mass is 347 g/mol. The van der Waals surface area contributed by atoms with E-state index in [2.05, 4.69) is 10.7 Å². The first-order chi connectivity index (χ1) is 12.1. The van der Waals surface area contributed by atoms with Crippen molar-refractivity contribution in [2.24, 2.45) is 5.92 Å². The van der Waals surface area contributed by atoms with Crippen molar-refractivity contribution in [3.05, 3.63) is 35.9 Å². The highest BCUT2D eigenvalue weighted by molar-refractivity contribution is 5.85. The minimum atomic E-state index is -0.602. The van der Waals surface area contributed by atoms with Crippen LogP contribution in [-0.4, -0.2) is 36.1 Å². The van der Waals surface area contributed by atoms with E-state index in [0.29, 0.717) is 0 Å². The topological polar surface area (TPSA) is 70.7 Å². The van der Waals surface area contributed by atoms with Gasteiger partial charge in [-0.1, -0.05) is 57.0 Å². The van der Waals surface area contributed by atoms with Gasteiger partial charge in [0.2, 0.25) is 0 Å². The number of ether oxygens (including phenoxy) is 1. The van der Waals surface area contributed by atoms with Gasteiger partial charge < -0.3 is 10.1 Å². The lowest BCUT2D eigenvalue weighted by molar-refractivity contribution is -0.129. The number of hydrogen-bond acceptors (Lipinski definition) is 4.